The van der Waals surface area contributed by atoms with Crippen LogP contribution in [-0.4, -0.2) is 78.7 Å². The highest BCUT2D eigenvalue weighted by Gasteiger charge is 2.22. The average molecular weight is 383 g/mol. The minimum Gasteiger partial charge on any atom is -0.486 e. The molecule has 3 heterocycles. The molecule has 148 valence electrons. The molecule has 2 aromatic rings. The Morgan fingerprint density at radius 1 is 1.07 bits per heavy atom. The molecule has 2 aliphatic heterocycles. The van der Waals surface area contributed by atoms with Gasteiger partial charge in [0, 0.05) is 52.2 Å². The molecule has 1 fully saturated rings. The second-order valence-corrected chi connectivity index (χ2v) is 7.04. The van der Waals surface area contributed by atoms with E-state index in [1.54, 1.807) is 17.3 Å². The molecular formula is C20H25N5O3. The summed E-state index contributed by atoms with van der Waals surface area (Å²) in [6.07, 6.45) is 3.51. The molecule has 0 saturated carbocycles. The molecule has 0 bridgehead atoms. The number of benzene rings is 1. The number of hydrogen-bond donors (Lipinski definition) is 0. The van der Waals surface area contributed by atoms with Gasteiger partial charge in [-0.05, 0) is 23.8 Å². The van der Waals surface area contributed by atoms with Gasteiger partial charge >= 0.3 is 0 Å². The first-order valence-electron chi connectivity index (χ1n) is 9.56. The Balaban J connectivity index is 1.27. The molecule has 0 radical (unpaired) electrons. The number of piperazine rings is 1. The van der Waals surface area contributed by atoms with Crippen molar-refractivity contribution in [2.75, 3.05) is 57.9 Å². The van der Waals surface area contributed by atoms with Crippen LogP contribution in [0.15, 0.2) is 36.7 Å². The first-order valence-corrected chi connectivity index (χ1v) is 9.56. The van der Waals surface area contributed by atoms with Gasteiger partial charge in [0.15, 0.2) is 11.5 Å². The normalized spacial score (nSPS) is 16.7. The zero-order valence-electron chi connectivity index (χ0n) is 16.1. The summed E-state index contributed by atoms with van der Waals surface area (Å²) in [5.74, 6) is 2.39. The van der Waals surface area contributed by atoms with Crippen LogP contribution in [0.2, 0.25) is 0 Å². The van der Waals surface area contributed by atoms with E-state index in [9.17, 15) is 4.79 Å². The molecule has 2 aliphatic rings. The van der Waals surface area contributed by atoms with Crippen molar-refractivity contribution in [3.63, 3.8) is 0 Å². The highest BCUT2D eigenvalue weighted by molar-refractivity contribution is 5.78. The fraction of sp³-hybridized carbons (Fsp3) is 0.450. The van der Waals surface area contributed by atoms with Gasteiger partial charge in [-0.25, -0.2) is 9.97 Å². The van der Waals surface area contributed by atoms with Gasteiger partial charge in [0.05, 0.1) is 6.54 Å². The Morgan fingerprint density at radius 3 is 2.54 bits per heavy atom. The third kappa shape index (κ3) is 4.33. The van der Waals surface area contributed by atoms with E-state index >= 15 is 0 Å². The van der Waals surface area contributed by atoms with Crippen LogP contribution in [0.4, 0.5) is 5.95 Å². The number of carbonyl (C=O) groups excluding carboxylic acids is 1. The van der Waals surface area contributed by atoms with Crippen LogP contribution in [0.1, 0.15) is 5.56 Å². The predicted octanol–water partition coefficient (Wildman–Crippen LogP) is 1.03. The molecule has 8 heteroatoms. The lowest BCUT2D eigenvalue weighted by molar-refractivity contribution is -0.131. The third-order valence-corrected chi connectivity index (χ3v) is 5.02. The van der Waals surface area contributed by atoms with Crippen molar-refractivity contribution in [2.24, 2.45) is 0 Å². The molecular weight excluding hydrogens is 358 g/mol. The molecule has 0 aliphatic carbocycles. The van der Waals surface area contributed by atoms with Crippen molar-refractivity contribution < 1.29 is 14.3 Å². The highest BCUT2D eigenvalue weighted by Crippen LogP contribution is 2.31. The molecule has 1 aromatic heterocycles. The number of rotatable bonds is 5. The summed E-state index contributed by atoms with van der Waals surface area (Å²) in [6.45, 7) is 5.40. The first-order chi connectivity index (χ1) is 13.7. The van der Waals surface area contributed by atoms with Crippen molar-refractivity contribution in [1.82, 2.24) is 19.8 Å². The average Bonchev–Trinajstić information content (AvgIpc) is 2.75. The van der Waals surface area contributed by atoms with Gasteiger partial charge in [-0.2, -0.15) is 0 Å². The van der Waals surface area contributed by atoms with Crippen LogP contribution in [0.5, 0.6) is 11.5 Å². The maximum Gasteiger partial charge on any atom is 0.236 e. The van der Waals surface area contributed by atoms with Gasteiger partial charge in [-0.3, -0.25) is 9.69 Å². The second-order valence-electron chi connectivity index (χ2n) is 7.04. The Hall–Kier alpha value is -2.87. The van der Waals surface area contributed by atoms with Gasteiger partial charge in [0.1, 0.15) is 13.2 Å². The van der Waals surface area contributed by atoms with Crippen LogP contribution in [0.25, 0.3) is 0 Å². The minimum atomic E-state index is 0.110. The summed E-state index contributed by atoms with van der Waals surface area (Å²) in [5.41, 5.74) is 1.03. The zero-order chi connectivity index (χ0) is 19.3. The van der Waals surface area contributed by atoms with Crippen molar-refractivity contribution in [3.05, 3.63) is 42.2 Å². The van der Waals surface area contributed by atoms with Crippen molar-refractivity contribution in [1.29, 1.82) is 0 Å². The van der Waals surface area contributed by atoms with E-state index in [1.165, 1.54) is 0 Å². The number of nitrogens with zero attached hydrogens (tertiary/aromatic N) is 5. The summed E-state index contributed by atoms with van der Waals surface area (Å²) >= 11 is 0. The number of hydrogen-bond acceptors (Lipinski definition) is 7. The third-order valence-electron chi connectivity index (χ3n) is 5.02. The zero-order valence-corrected chi connectivity index (χ0v) is 16.1. The number of amides is 1. The molecule has 1 saturated heterocycles. The van der Waals surface area contributed by atoms with Crippen LogP contribution >= 0.6 is 0 Å². The molecule has 4 rings (SSSR count). The lowest BCUT2D eigenvalue weighted by Gasteiger charge is -2.34. The number of anilines is 1. The van der Waals surface area contributed by atoms with Crippen LogP contribution in [-0.2, 0) is 11.3 Å². The van der Waals surface area contributed by atoms with Gasteiger partial charge in [0.2, 0.25) is 11.9 Å². The second kappa shape index (κ2) is 8.43. The molecule has 0 unspecified atom stereocenters. The first kappa shape index (κ1) is 18.5. The quantitative estimate of drug-likeness (QED) is 0.764. The molecule has 0 spiro atoms. The SMILES string of the molecule is CN(Cc1ccc2c(c1)OCCO2)C(=O)CN1CCN(c2ncccn2)CC1. The van der Waals surface area contributed by atoms with Gasteiger partial charge in [0.25, 0.3) is 0 Å². The van der Waals surface area contributed by atoms with Gasteiger partial charge in [-0.1, -0.05) is 6.07 Å². The topological polar surface area (TPSA) is 71.0 Å². The lowest BCUT2D eigenvalue weighted by Crippen LogP contribution is -2.50. The van der Waals surface area contributed by atoms with Crippen LogP contribution in [0, 0.1) is 0 Å². The van der Waals surface area contributed by atoms with Gasteiger partial charge in [-0.15, -0.1) is 0 Å². The van der Waals surface area contributed by atoms with Crippen molar-refractivity contribution >= 4 is 11.9 Å². The molecule has 8 nitrogen and oxygen atoms in total. The monoisotopic (exact) mass is 383 g/mol. The fourth-order valence-corrected chi connectivity index (χ4v) is 3.42. The minimum absolute atomic E-state index is 0.110. The Bertz CT molecular complexity index is 809. The predicted molar refractivity (Wildman–Crippen MR) is 105 cm³/mol. The van der Waals surface area contributed by atoms with Crippen LogP contribution in [0.3, 0.4) is 0 Å². The molecule has 28 heavy (non-hydrogen) atoms. The molecule has 1 aromatic carbocycles. The lowest BCUT2D eigenvalue weighted by atomic mass is 10.2. The Morgan fingerprint density at radius 2 is 1.79 bits per heavy atom. The standard InChI is InChI=1S/C20H25N5O3/c1-23(14-16-3-4-17-18(13-16)28-12-11-27-17)19(26)15-24-7-9-25(10-8-24)20-21-5-2-6-22-20/h2-6,13H,7-12,14-15H2,1H3. The van der Waals surface area contributed by atoms with E-state index in [4.69, 9.17) is 9.47 Å². The number of aromatic nitrogens is 2. The smallest absolute Gasteiger partial charge is 0.236 e. The largest absolute Gasteiger partial charge is 0.486 e. The number of likely N-dealkylation sites (N-methyl/N-ethyl adjacent to an activating group) is 1. The summed E-state index contributed by atoms with van der Waals surface area (Å²) in [6, 6.07) is 7.66. The summed E-state index contributed by atoms with van der Waals surface area (Å²) in [5, 5.41) is 0. The Labute approximate surface area is 164 Å². The van der Waals surface area contributed by atoms with E-state index in [1.807, 2.05) is 31.3 Å². The van der Waals surface area contributed by atoms with E-state index in [0.717, 1.165) is 49.2 Å². The van der Waals surface area contributed by atoms with E-state index in [0.29, 0.717) is 26.3 Å². The van der Waals surface area contributed by atoms with Gasteiger partial charge < -0.3 is 19.3 Å². The summed E-state index contributed by atoms with van der Waals surface area (Å²) in [4.78, 5) is 27.3. The summed E-state index contributed by atoms with van der Waals surface area (Å²) in [7, 11) is 1.84. The van der Waals surface area contributed by atoms with E-state index in [2.05, 4.69) is 19.8 Å². The molecule has 1 amide bonds. The highest BCUT2D eigenvalue weighted by atomic mass is 16.6. The maximum absolute atomic E-state index is 12.6. The van der Waals surface area contributed by atoms with E-state index < -0.39 is 0 Å². The number of ether oxygens (including phenoxy) is 2. The number of fused-ring (bicyclic) bond motifs is 1. The summed E-state index contributed by atoms with van der Waals surface area (Å²) < 4.78 is 11.2. The van der Waals surface area contributed by atoms with Crippen molar-refractivity contribution in [2.45, 2.75) is 6.54 Å². The van der Waals surface area contributed by atoms with Crippen molar-refractivity contribution in [3.8, 4) is 11.5 Å². The molecule has 0 atom stereocenters. The van der Waals surface area contributed by atoms with Crippen LogP contribution < -0.4 is 14.4 Å². The maximum atomic E-state index is 12.6. The Kier molecular flexibility index (Phi) is 5.57. The fourth-order valence-electron chi connectivity index (χ4n) is 3.42. The molecule has 0 N–H and O–H groups in total. The number of carbonyl (C=O) groups is 1. The van der Waals surface area contributed by atoms with E-state index in [-0.39, 0.29) is 5.91 Å².